The van der Waals surface area contributed by atoms with Gasteiger partial charge in [-0.1, -0.05) is 19.1 Å². The molecule has 0 saturated carbocycles. The van der Waals surface area contributed by atoms with Crippen molar-refractivity contribution in [1.82, 2.24) is 5.32 Å². The lowest BCUT2D eigenvalue weighted by molar-refractivity contribution is 0.259. The van der Waals surface area contributed by atoms with E-state index in [1.54, 1.807) is 0 Å². The Morgan fingerprint density at radius 2 is 1.94 bits per heavy atom. The van der Waals surface area contributed by atoms with E-state index in [2.05, 4.69) is 30.7 Å². The second-order valence-corrected chi connectivity index (χ2v) is 5.56. The molecule has 0 saturated heterocycles. The van der Waals surface area contributed by atoms with Gasteiger partial charge in [-0.15, -0.1) is 0 Å². The van der Waals surface area contributed by atoms with Gasteiger partial charge in [0.1, 0.15) is 0 Å². The Bertz CT molecular complexity index is 380. The van der Waals surface area contributed by atoms with Crippen LogP contribution in [0, 0.1) is 0 Å². The van der Waals surface area contributed by atoms with Crippen LogP contribution in [0.4, 0.5) is 10.5 Å². The highest BCUT2D eigenvalue weighted by molar-refractivity contribution is 7.99. The average Bonchev–Trinajstić information content (AvgIpc) is 2.35. The molecule has 2 unspecified atom stereocenters. The van der Waals surface area contributed by atoms with E-state index < -0.39 is 6.03 Å². The van der Waals surface area contributed by atoms with Gasteiger partial charge >= 0.3 is 6.03 Å². The van der Waals surface area contributed by atoms with Gasteiger partial charge in [0.25, 0.3) is 0 Å². The molecule has 5 heteroatoms. The molecular weight excluding hydrogens is 246 g/mol. The molecule has 1 aromatic carbocycles. The average molecular weight is 267 g/mol. The Hall–Kier alpha value is -1.20. The number of anilines is 1. The zero-order chi connectivity index (χ0) is 13.5. The molecule has 4 nitrogen and oxygen atoms in total. The van der Waals surface area contributed by atoms with Gasteiger partial charge < -0.3 is 16.4 Å². The molecule has 0 bridgehead atoms. The molecule has 0 aromatic heterocycles. The van der Waals surface area contributed by atoms with Crippen LogP contribution in [0.1, 0.15) is 25.5 Å². The molecule has 0 aliphatic heterocycles. The Morgan fingerprint density at radius 1 is 1.33 bits per heavy atom. The summed E-state index contributed by atoms with van der Waals surface area (Å²) in [6.45, 7) is 5.30. The van der Waals surface area contributed by atoms with Crippen LogP contribution >= 0.6 is 11.8 Å². The highest BCUT2D eigenvalue weighted by Crippen LogP contribution is 2.16. The van der Waals surface area contributed by atoms with E-state index in [0.29, 0.717) is 11.3 Å². The number of carbonyl (C=O) groups excluding carboxylic acids is 1. The van der Waals surface area contributed by atoms with E-state index in [4.69, 9.17) is 5.73 Å². The topological polar surface area (TPSA) is 67.2 Å². The van der Waals surface area contributed by atoms with E-state index >= 15 is 0 Å². The van der Waals surface area contributed by atoms with E-state index in [1.165, 1.54) is 5.56 Å². The van der Waals surface area contributed by atoms with E-state index in [-0.39, 0.29) is 0 Å². The van der Waals surface area contributed by atoms with Crippen LogP contribution in [0.5, 0.6) is 0 Å². The quantitative estimate of drug-likeness (QED) is 0.742. The van der Waals surface area contributed by atoms with Gasteiger partial charge in [0, 0.05) is 23.5 Å². The van der Waals surface area contributed by atoms with Gasteiger partial charge in [-0.05, 0) is 30.9 Å². The largest absolute Gasteiger partial charge is 0.351 e. The van der Waals surface area contributed by atoms with Crippen molar-refractivity contribution in [2.45, 2.75) is 25.1 Å². The van der Waals surface area contributed by atoms with Crippen LogP contribution in [-0.4, -0.2) is 24.1 Å². The number of nitrogens with one attached hydrogen (secondary N) is 2. The molecule has 1 rings (SSSR count). The Labute approximate surface area is 113 Å². The maximum atomic E-state index is 10.7. The monoisotopic (exact) mass is 267 g/mol. The summed E-state index contributed by atoms with van der Waals surface area (Å²) in [6, 6.07) is 7.45. The molecule has 1 aromatic rings. The van der Waals surface area contributed by atoms with Crippen molar-refractivity contribution in [2.75, 3.05) is 18.1 Å². The van der Waals surface area contributed by atoms with Crippen molar-refractivity contribution in [2.24, 2.45) is 5.73 Å². The molecule has 18 heavy (non-hydrogen) atoms. The van der Waals surface area contributed by atoms with Crippen molar-refractivity contribution in [3.8, 4) is 0 Å². The maximum Gasteiger partial charge on any atom is 0.316 e. The Kier molecular flexibility index (Phi) is 6.01. The highest BCUT2D eigenvalue weighted by atomic mass is 32.2. The first kappa shape index (κ1) is 14.9. The molecule has 2 amide bonds. The first-order chi connectivity index (χ1) is 8.52. The number of urea groups is 1. The fourth-order valence-electron chi connectivity index (χ4n) is 1.54. The molecule has 0 fully saturated rings. The summed E-state index contributed by atoms with van der Waals surface area (Å²) in [5.74, 6) is 0. The van der Waals surface area contributed by atoms with E-state index in [0.717, 1.165) is 12.2 Å². The van der Waals surface area contributed by atoms with Crippen LogP contribution < -0.4 is 16.4 Å². The number of hydrogen-bond acceptors (Lipinski definition) is 3. The number of primary amides is 1. The summed E-state index contributed by atoms with van der Waals surface area (Å²) >= 11 is 1.85. The maximum absolute atomic E-state index is 10.7. The van der Waals surface area contributed by atoms with Crippen LogP contribution in [0.3, 0.4) is 0 Å². The zero-order valence-corrected chi connectivity index (χ0v) is 11.9. The van der Waals surface area contributed by atoms with Gasteiger partial charge in [0.15, 0.2) is 0 Å². The fourth-order valence-corrected chi connectivity index (χ4v) is 1.80. The molecule has 0 radical (unpaired) electrons. The number of benzene rings is 1. The van der Waals surface area contributed by atoms with E-state index in [9.17, 15) is 4.79 Å². The van der Waals surface area contributed by atoms with Gasteiger partial charge in [-0.2, -0.15) is 11.8 Å². The molecule has 4 N–H and O–H groups in total. The van der Waals surface area contributed by atoms with Crippen molar-refractivity contribution in [1.29, 1.82) is 0 Å². The number of carbonyl (C=O) groups is 1. The predicted molar refractivity (Wildman–Crippen MR) is 79.0 cm³/mol. The summed E-state index contributed by atoms with van der Waals surface area (Å²) < 4.78 is 0. The SMILES string of the molecule is CSC(C)CNC(C)c1ccc(NC(N)=O)cc1. The van der Waals surface area contributed by atoms with Gasteiger partial charge in [0.05, 0.1) is 0 Å². The third kappa shape index (κ3) is 4.98. The van der Waals surface area contributed by atoms with E-state index in [1.807, 2.05) is 36.0 Å². The van der Waals surface area contributed by atoms with Crippen LogP contribution in [0.25, 0.3) is 0 Å². The lowest BCUT2D eigenvalue weighted by Crippen LogP contribution is -2.25. The summed E-state index contributed by atoms with van der Waals surface area (Å²) in [5, 5.41) is 6.62. The second kappa shape index (κ2) is 7.28. The van der Waals surface area contributed by atoms with Crippen molar-refractivity contribution >= 4 is 23.5 Å². The second-order valence-electron chi connectivity index (χ2n) is 4.29. The first-order valence-electron chi connectivity index (χ1n) is 5.95. The third-order valence-electron chi connectivity index (χ3n) is 2.79. The molecule has 0 aliphatic rings. The summed E-state index contributed by atoms with van der Waals surface area (Å²) in [4.78, 5) is 10.7. The number of thioether (sulfide) groups is 1. The minimum Gasteiger partial charge on any atom is -0.351 e. The lowest BCUT2D eigenvalue weighted by Gasteiger charge is -2.17. The molecule has 0 heterocycles. The predicted octanol–water partition coefficient (Wildman–Crippen LogP) is 2.58. The van der Waals surface area contributed by atoms with Gasteiger partial charge in [-0.3, -0.25) is 0 Å². The number of amides is 2. The highest BCUT2D eigenvalue weighted by Gasteiger charge is 2.07. The first-order valence-corrected chi connectivity index (χ1v) is 7.24. The Morgan fingerprint density at radius 3 is 2.44 bits per heavy atom. The van der Waals surface area contributed by atoms with Gasteiger partial charge in [0.2, 0.25) is 0 Å². The standard InChI is InChI=1S/C13H21N3OS/c1-9(18-3)8-15-10(2)11-4-6-12(7-5-11)16-13(14)17/h4-7,9-10,15H,8H2,1-3H3,(H3,14,16,17). The zero-order valence-electron chi connectivity index (χ0n) is 11.1. The van der Waals surface area contributed by atoms with Crippen LogP contribution in [-0.2, 0) is 0 Å². The van der Waals surface area contributed by atoms with Crippen molar-refractivity contribution in [3.05, 3.63) is 29.8 Å². The molecular formula is C13H21N3OS. The Balaban J connectivity index is 2.53. The summed E-state index contributed by atoms with van der Waals surface area (Å²) in [5.41, 5.74) is 6.97. The van der Waals surface area contributed by atoms with Crippen molar-refractivity contribution in [3.63, 3.8) is 0 Å². The lowest BCUT2D eigenvalue weighted by atomic mass is 10.1. The summed E-state index contributed by atoms with van der Waals surface area (Å²) in [7, 11) is 0. The van der Waals surface area contributed by atoms with Crippen molar-refractivity contribution < 1.29 is 4.79 Å². The molecule has 100 valence electrons. The minimum absolute atomic E-state index is 0.294. The molecule has 0 spiro atoms. The number of nitrogens with two attached hydrogens (primary N) is 1. The number of rotatable bonds is 6. The fraction of sp³-hybridized carbons (Fsp3) is 0.462. The number of hydrogen-bond donors (Lipinski definition) is 3. The van der Waals surface area contributed by atoms with Crippen LogP contribution in [0.2, 0.25) is 0 Å². The molecule has 0 aliphatic carbocycles. The molecule has 2 atom stereocenters. The van der Waals surface area contributed by atoms with Crippen LogP contribution in [0.15, 0.2) is 24.3 Å². The minimum atomic E-state index is -0.539. The third-order valence-corrected chi connectivity index (χ3v) is 3.76. The normalized spacial score (nSPS) is 13.9. The smallest absolute Gasteiger partial charge is 0.316 e. The summed E-state index contributed by atoms with van der Waals surface area (Å²) in [6.07, 6.45) is 2.11. The van der Waals surface area contributed by atoms with Gasteiger partial charge in [-0.25, -0.2) is 4.79 Å².